The van der Waals surface area contributed by atoms with Gasteiger partial charge in [-0.2, -0.15) is 0 Å². The zero-order valence-corrected chi connectivity index (χ0v) is 10.7. The maximum absolute atomic E-state index is 6.01. The predicted octanol–water partition coefficient (Wildman–Crippen LogP) is 4.00. The van der Waals surface area contributed by atoms with Crippen LogP contribution in [0.1, 0.15) is 36.5 Å². The summed E-state index contributed by atoms with van der Waals surface area (Å²) in [6.45, 7) is 2.11. The smallest absolute Gasteiger partial charge is 0.0925 e. The van der Waals surface area contributed by atoms with Crippen molar-refractivity contribution in [1.82, 2.24) is 0 Å². The van der Waals surface area contributed by atoms with Crippen molar-refractivity contribution in [3.05, 3.63) is 35.4 Å². The van der Waals surface area contributed by atoms with E-state index in [1.54, 1.807) is 0 Å². The Morgan fingerprint density at radius 2 is 2.00 bits per heavy atom. The predicted molar refractivity (Wildman–Crippen MR) is 66.4 cm³/mol. The lowest BCUT2D eigenvalue weighted by atomic mass is 9.95. The van der Waals surface area contributed by atoms with E-state index >= 15 is 0 Å². The highest BCUT2D eigenvalue weighted by molar-refractivity contribution is 9.09. The zero-order valence-electron chi connectivity index (χ0n) is 9.08. The Labute approximate surface area is 100.0 Å². The molecule has 82 valence electrons. The summed E-state index contributed by atoms with van der Waals surface area (Å²) in [7, 11) is 0. The van der Waals surface area contributed by atoms with E-state index < -0.39 is 0 Å². The van der Waals surface area contributed by atoms with Crippen molar-refractivity contribution in [2.24, 2.45) is 0 Å². The number of alkyl halides is 1. The third kappa shape index (κ3) is 2.82. The van der Waals surface area contributed by atoms with E-state index in [9.17, 15) is 0 Å². The SMILES string of the molecule is Cc1ccc(C(CBr)OC2CCC2)cc1. The van der Waals surface area contributed by atoms with Crippen LogP contribution < -0.4 is 0 Å². The zero-order chi connectivity index (χ0) is 10.7. The molecular formula is C13H17BrO. The van der Waals surface area contributed by atoms with Crippen LogP contribution in [-0.2, 0) is 4.74 Å². The van der Waals surface area contributed by atoms with Gasteiger partial charge in [0.05, 0.1) is 12.2 Å². The number of aryl methyl sites for hydroxylation is 1. The van der Waals surface area contributed by atoms with Gasteiger partial charge >= 0.3 is 0 Å². The van der Waals surface area contributed by atoms with E-state index in [-0.39, 0.29) is 6.10 Å². The third-order valence-electron chi connectivity index (χ3n) is 3.00. The molecule has 0 heterocycles. The van der Waals surface area contributed by atoms with Crippen molar-refractivity contribution in [2.45, 2.75) is 38.4 Å². The molecule has 0 radical (unpaired) electrons. The fourth-order valence-electron chi connectivity index (χ4n) is 1.72. The molecule has 2 rings (SSSR count). The average Bonchev–Trinajstić information content (AvgIpc) is 2.19. The van der Waals surface area contributed by atoms with Gasteiger partial charge in [-0.05, 0) is 31.7 Å². The number of benzene rings is 1. The van der Waals surface area contributed by atoms with E-state index in [4.69, 9.17) is 4.74 Å². The van der Waals surface area contributed by atoms with E-state index in [0.717, 1.165) is 5.33 Å². The van der Waals surface area contributed by atoms with Crippen molar-refractivity contribution < 1.29 is 4.74 Å². The van der Waals surface area contributed by atoms with Crippen LogP contribution in [-0.4, -0.2) is 11.4 Å². The van der Waals surface area contributed by atoms with Gasteiger partial charge in [-0.3, -0.25) is 0 Å². The molecule has 0 aromatic heterocycles. The van der Waals surface area contributed by atoms with E-state index in [0.29, 0.717) is 6.10 Å². The lowest BCUT2D eigenvalue weighted by Crippen LogP contribution is -2.24. The maximum atomic E-state index is 6.01. The van der Waals surface area contributed by atoms with Gasteiger partial charge in [-0.15, -0.1) is 0 Å². The Morgan fingerprint density at radius 1 is 1.33 bits per heavy atom. The molecule has 0 N–H and O–H groups in total. The minimum Gasteiger partial charge on any atom is -0.369 e. The molecule has 0 amide bonds. The number of rotatable bonds is 4. The van der Waals surface area contributed by atoms with Crippen LogP contribution in [0.2, 0.25) is 0 Å². The second-order valence-electron chi connectivity index (χ2n) is 4.24. The second kappa shape index (κ2) is 5.13. The topological polar surface area (TPSA) is 9.23 Å². The molecule has 0 saturated heterocycles. The number of hydrogen-bond acceptors (Lipinski definition) is 1. The van der Waals surface area contributed by atoms with Gasteiger partial charge < -0.3 is 4.74 Å². The van der Waals surface area contributed by atoms with Crippen LogP contribution in [0.3, 0.4) is 0 Å². The average molecular weight is 269 g/mol. The molecule has 1 aliphatic carbocycles. The first-order valence-electron chi connectivity index (χ1n) is 5.57. The summed E-state index contributed by atoms with van der Waals surface area (Å²) in [5.41, 5.74) is 2.58. The van der Waals surface area contributed by atoms with Crippen LogP contribution in [0.25, 0.3) is 0 Å². The number of halogens is 1. The molecule has 1 aliphatic rings. The Balaban J connectivity index is 2.01. The quantitative estimate of drug-likeness (QED) is 0.751. The first-order chi connectivity index (χ1) is 7.29. The van der Waals surface area contributed by atoms with Crippen LogP contribution in [0.5, 0.6) is 0 Å². The fourth-order valence-corrected chi connectivity index (χ4v) is 2.25. The molecule has 1 fully saturated rings. The first kappa shape index (κ1) is 11.2. The van der Waals surface area contributed by atoms with Crippen molar-refractivity contribution >= 4 is 15.9 Å². The minimum absolute atomic E-state index is 0.218. The summed E-state index contributed by atoms with van der Waals surface area (Å²) in [4.78, 5) is 0. The molecule has 1 atom stereocenters. The van der Waals surface area contributed by atoms with Crippen molar-refractivity contribution in [2.75, 3.05) is 5.33 Å². The minimum atomic E-state index is 0.218. The fraction of sp³-hybridized carbons (Fsp3) is 0.538. The van der Waals surface area contributed by atoms with Gasteiger partial charge in [-0.25, -0.2) is 0 Å². The van der Waals surface area contributed by atoms with Gasteiger partial charge in [0.2, 0.25) is 0 Å². The lowest BCUT2D eigenvalue weighted by molar-refractivity contribution is -0.0418. The van der Waals surface area contributed by atoms with Crippen molar-refractivity contribution in [3.8, 4) is 0 Å². The van der Waals surface area contributed by atoms with E-state index in [1.165, 1.54) is 30.4 Å². The Bertz CT molecular complexity index is 303. The van der Waals surface area contributed by atoms with Crippen molar-refractivity contribution in [3.63, 3.8) is 0 Å². The monoisotopic (exact) mass is 268 g/mol. The molecule has 1 aromatic carbocycles. The highest BCUT2D eigenvalue weighted by Crippen LogP contribution is 2.30. The standard InChI is InChI=1S/C13H17BrO/c1-10-5-7-11(8-6-10)13(9-14)15-12-3-2-4-12/h5-8,12-13H,2-4,9H2,1H3. The molecular weight excluding hydrogens is 252 g/mol. The lowest BCUT2D eigenvalue weighted by Gasteiger charge is -2.30. The normalized spacial score (nSPS) is 18.5. The maximum Gasteiger partial charge on any atom is 0.0925 e. The summed E-state index contributed by atoms with van der Waals surface area (Å²) >= 11 is 3.53. The number of ether oxygens (including phenoxy) is 1. The molecule has 15 heavy (non-hydrogen) atoms. The second-order valence-corrected chi connectivity index (χ2v) is 4.89. The van der Waals surface area contributed by atoms with E-state index in [1.807, 2.05) is 0 Å². The Hall–Kier alpha value is -0.340. The highest BCUT2D eigenvalue weighted by atomic mass is 79.9. The molecule has 1 unspecified atom stereocenters. The molecule has 2 heteroatoms. The van der Waals surface area contributed by atoms with Gasteiger partial charge in [0, 0.05) is 5.33 Å². The molecule has 1 nitrogen and oxygen atoms in total. The van der Waals surface area contributed by atoms with Crippen LogP contribution in [0.4, 0.5) is 0 Å². The van der Waals surface area contributed by atoms with E-state index in [2.05, 4.69) is 47.1 Å². The summed E-state index contributed by atoms with van der Waals surface area (Å²) in [5, 5.41) is 0.882. The highest BCUT2D eigenvalue weighted by Gasteiger charge is 2.22. The van der Waals surface area contributed by atoms with Crippen LogP contribution in [0.15, 0.2) is 24.3 Å². The third-order valence-corrected chi connectivity index (χ3v) is 3.59. The van der Waals surface area contributed by atoms with Gasteiger partial charge in [-0.1, -0.05) is 45.8 Å². The Morgan fingerprint density at radius 3 is 2.47 bits per heavy atom. The Kier molecular flexibility index (Phi) is 3.81. The van der Waals surface area contributed by atoms with Gasteiger partial charge in [0.1, 0.15) is 0 Å². The van der Waals surface area contributed by atoms with Gasteiger partial charge in [0.15, 0.2) is 0 Å². The molecule has 0 aliphatic heterocycles. The summed E-state index contributed by atoms with van der Waals surface area (Å²) < 4.78 is 6.01. The summed E-state index contributed by atoms with van der Waals surface area (Å²) in [6, 6.07) is 8.63. The summed E-state index contributed by atoms with van der Waals surface area (Å²) in [5.74, 6) is 0. The van der Waals surface area contributed by atoms with Crippen LogP contribution in [0, 0.1) is 6.92 Å². The van der Waals surface area contributed by atoms with Gasteiger partial charge in [0.25, 0.3) is 0 Å². The summed E-state index contributed by atoms with van der Waals surface area (Å²) in [6.07, 6.45) is 4.50. The molecule has 1 aromatic rings. The van der Waals surface area contributed by atoms with Crippen molar-refractivity contribution in [1.29, 1.82) is 0 Å². The first-order valence-corrected chi connectivity index (χ1v) is 6.69. The molecule has 1 saturated carbocycles. The largest absolute Gasteiger partial charge is 0.369 e. The van der Waals surface area contributed by atoms with Crippen LogP contribution >= 0.6 is 15.9 Å². The molecule has 0 spiro atoms. The number of hydrogen-bond donors (Lipinski definition) is 0. The molecule has 0 bridgehead atoms.